The molecule has 0 bridgehead atoms. The van der Waals surface area contributed by atoms with Gasteiger partial charge in [0, 0.05) is 28.2 Å². The first-order valence-corrected chi connectivity index (χ1v) is 7.56. The summed E-state index contributed by atoms with van der Waals surface area (Å²) in [5.41, 5.74) is 0.469. The molecule has 3 amide bonds. The summed E-state index contributed by atoms with van der Waals surface area (Å²) in [5.74, 6) is -1.48. The van der Waals surface area contributed by atoms with Gasteiger partial charge in [0.25, 0.3) is 5.91 Å². The van der Waals surface area contributed by atoms with Crippen LogP contribution >= 0.6 is 23.2 Å². The molecule has 0 saturated heterocycles. The summed E-state index contributed by atoms with van der Waals surface area (Å²) < 4.78 is 4.71. The molecule has 8 heteroatoms. The summed E-state index contributed by atoms with van der Waals surface area (Å²) in [6.45, 7) is 1.75. The molecule has 0 unspecified atom stereocenters. The van der Waals surface area contributed by atoms with Crippen LogP contribution in [0.2, 0.25) is 10.0 Å². The van der Waals surface area contributed by atoms with E-state index in [4.69, 9.17) is 27.9 Å². The molecule has 2 N–H and O–H groups in total. The molecule has 23 heavy (non-hydrogen) atoms. The molecule has 1 aromatic rings. The van der Waals surface area contributed by atoms with Gasteiger partial charge in [-0.05, 0) is 24.6 Å². The van der Waals surface area contributed by atoms with Crippen LogP contribution in [0.1, 0.15) is 18.9 Å². The highest BCUT2D eigenvalue weighted by Crippen LogP contribution is 2.25. The standard InChI is InChI=1S/C15H16Cl2N2O4/c1-2-8-18-15(22)19-13(20)9-23-14(21)7-6-10-11(16)4-3-5-12(10)17/h3-7H,2,8-9H2,1H3,(H2,18,19,20,22)/b7-6+. The quantitative estimate of drug-likeness (QED) is 0.604. The zero-order valence-corrected chi connectivity index (χ0v) is 13.9. The number of hydrogen-bond acceptors (Lipinski definition) is 4. The van der Waals surface area contributed by atoms with Gasteiger partial charge >= 0.3 is 12.0 Å². The van der Waals surface area contributed by atoms with E-state index in [1.807, 2.05) is 12.2 Å². The van der Waals surface area contributed by atoms with Crippen LogP contribution in [0.4, 0.5) is 4.79 Å². The van der Waals surface area contributed by atoms with E-state index >= 15 is 0 Å². The molecule has 6 nitrogen and oxygen atoms in total. The molecule has 0 atom stereocenters. The van der Waals surface area contributed by atoms with Crippen molar-refractivity contribution in [2.75, 3.05) is 13.2 Å². The van der Waals surface area contributed by atoms with Crippen LogP contribution in [0, 0.1) is 0 Å². The molecule has 1 rings (SSSR count). The summed E-state index contributed by atoms with van der Waals surface area (Å²) in [6, 6.07) is 4.29. The molecule has 0 aliphatic rings. The summed E-state index contributed by atoms with van der Waals surface area (Å²) in [6.07, 6.45) is 3.22. The van der Waals surface area contributed by atoms with E-state index in [9.17, 15) is 14.4 Å². The smallest absolute Gasteiger partial charge is 0.331 e. The lowest BCUT2D eigenvalue weighted by molar-refractivity contribution is -0.143. The van der Waals surface area contributed by atoms with Crippen molar-refractivity contribution in [2.45, 2.75) is 13.3 Å². The van der Waals surface area contributed by atoms with Crippen molar-refractivity contribution >= 4 is 47.2 Å². The average molecular weight is 359 g/mol. The number of carbonyl (C=O) groups is 3. The highest BCUT2D eigenvalue weighted by Gasteiger charge is 2.09. The fourth-order valence-corrected chi connectivity index (χ4v) is 1.97. The van der Waals surface area contributed by atoms with Gasteiger partial charge in [-0.15, -0.1) is 0 Å². The van der Waals surface area contributed by atoms with E-state index in [1.165, 1.54) is 6.08 Å². The Kier molecular flexibility index (Phi) is 8.15. The van der Waals surface area contributed by atoms with E-state index in [0.717, 1.165) is 12.5 Å². The molecule has 0 spiro atoms. The Morgan fingerprint density at radius 2 is 1.87 bits per heavy atom. The third-order valence-corrected chi connectivity index (χ3v) is 3.18. The van der Waals surface area contributed by atoms with Gasteiger partial charge in [0.05, 0.1) is 0 Å². The van der Waals surface area contributed by atoms with Crippen molar-refractivity contribution in [3.8, 4) is 0 Å². The normalized spacial score (nSPS) is 10.4. The van der Waals surface area contributed by atoms with Gasteiger partial charge in [-0.25, -0.2) is 9.59 Å². The molecular formula is C15H16Cl2N2O4. The van der Waals surface area contributed by atoms with Crippen molar-refractivity contribution in [1.82, 2.24) is 10.6 Å². The van der Waals surface area contributed by atoms with Crippen molar-refractivity contribution < 1.29 is 19.1 Å². The minimum atomic E-state index is -0.759. The third kappa shape index (κ3) is 7.17. The minimum absolute atomic E-state index is 0.381. The van der Waals surface area contributed by atoms with E-state index in [0.29, 0.717) is 22.2 Å². The van der Waals surface area contributed by atoms with Gasteiger partial charge in [0.15, 0.2) is 6.61 Å². The van der Waals surface area contributed by atoms with Crippen LogP contribution < -0.4 is 10.6 Å². The fraction of sp³-hybridized carbons (Fsp3) is 0.267. The summed E-state index contributed by atoms with van der Waals surface area (Å²) >= 11 is 11.9. The number of urea groups is 1. The van der Waals surface area contributed by atoms with Crippen LogP contribution in [-0.2, 0) is 14.3 Å². The second-order valence-electron chi connectivity index (χ2n) is 4.38. The lowest BCUT2D eigenvalue weighted by Crippen LogP contribution is -2.41. The largest absolute Gasteiger partial charge is 0.452 e. The maximum Gasteiger partial charge on any atom is 0.331 e. The average Bonchev–Trinajstić information content (AvgIpc) is 2.50. The van der Waals surface area contributed by atoms with Crippen LogP contribution in [-0.4, -0.2) is 31.1 Å². The number of benzene rings is 1. The molecule has 124 valence electrons. The lowest BCUT2D eigenvalue weighted by atomic mass is 10.2. The highest BCUT2D eigenvalue weighted by atomic mass is 35.5. The van der Waals surface area contributed by atoms with Gasteiger partial charge in [0.1, 0.15) is 0 Å². The molecule has 0 aliphatic carbocycles. The molecule has 0 radical (unpaired) electrons. The van der Waals surface area contributed by atoms with Crippen molar-refractivity contribution in [1.29, 1.82) is 0 Å². The molecule has 0 aromatic heterocycles. The number of carbonyl (C=O) groups excluding carboxylic acids is 3. The predicted molar refractivity (Wildman–Crippen MR) is 88.3 cm³/mol. The van der Waals surface area contributed by atoms with Gasteiger partial charge in [-0.2, -0.15) is 0 Å². The zero-order chi connectivity index (χ0) is 17.2. The second kappa shape index (κ2) is 9.86. The number of rotatable bonds is 6. The first-order chi connectivity index (χ1) is 10.9. The first-order valence-electron chi connectivity index (χ1n) is 6.80. The van der Waals surface area contributed by atoms with Crippen molar-refractivity contribution in [2.24, 2.45) is 0 Å². The molecule has 1 aromatic carbocycles. The van der Waals surface area contributed by atoms with Crippen molar-refractivity contribution in [3.05, 3.63) is 39.9 Å². The highest BCUT2D eigenvalue weighted by molar-refractivity contribution is 6.37. The number of esters is 1. The Labute approximate surface area is 143 Å². The number of ether oxygens (including phenoxy) is 1. The van der Waals surface area contributed by atoms with E-state index in [2.05, 4.69) is 5.32 Å². The Bertz CT molecular complexity index is 597. The van der Waals surface area contributed by atoms with Gasteiger partial charge in [-0.1, -0.05) is 36.2 Å². The Hall–Kier alpha value is -2.05. The Balaban J connectivity index is 2.44. The number of nitrogens with one attached hydrogen (secondary N) is 2. The van der Waals surface area contributed by atoms with E-state index in [-0.39, 0.29) is 0 Å². The molecule has 0 fully saturated rings. The number of halogens is 2. The van der Waals surface area contributed by atoms with Crippen LogP contribution in [0.15, 0.2) is 24.3 Å². The monoisotopic (exact) mass is 358 g/mol. The summed E-state index contributed by atoms with van der Waals surface area (Å²) in [7, 11) is 0. The van der Waals surface area contributed by atoms with E-state index in [1.54, 1.807) is 18.2 Å². The minimum Gasteiger partial charge on any atom is -0.452 e. The fourth-order valence-electron chi connectivity index (χ4n) is 1.45. The van der Waals surface area contributed by atoms with Gasteiger partial charge in [-0.3, -0.25) is 10.1 Å². The Morgan fingerprint density at radius 1 is 1.22 bits per heavy atom. The van der Waals surface area contributed by atoms with E-state index < -0.39 is 24.5 Å². The lowest BCUT2D eigenvalue weighted by Gasteiger charge is -2.05. The zero-order valence-electron chi connectivity index (χ0n) is 12.4. The number of hydrogen-bond donors (Lipinski definition) is 2. The third-order valence-electron chi connectivity index (χ3n) is 2.52. The molecular weight excluding hydrogens is 343 g/mol. The molecule has 0 saturated carbocycles. The first kappa shape index (κ1) is 19.0. The predicted octanol–water partition coefficient (Wildman–Crippen LogP) is 2.79. The van der Waals surface area contributed by atoms with Gasteiger partial charge < -0.3 is 10.1 Å². The number of amides is 3. The summed E-state index contributed by atoms with van der Waals surface area (Å²) in [4.78, 5) is 34.1. The van der Waals surface area contributed by atoms with Crippen LogP contribution in [0.25, 0.3) is 6.08 Å². The molecule has 0 heterocycles. The Morgan fingerprint density at radius 3 is 2.48 bits per heavy atom. The second-order valence-corrected chi connectivity index (χ2v) is 5.19. The SMILES string of the molecule is CCCNC(=O)NC(=O)COC(=O)/C=C/c1c(Cl)cccc1Cl. The van der Waals surface area contributed by atoms with Crippen LogP contribution in [0.3, 0.4) is 0 Å². The number of imide groups is 1. The van der Waals surface area contributed by atoms with Crippen molar-refractivity contribution in [3.63, 3.8) is 0 Å². The summed E-state index contributed by atoms with van der Waals surface area (Å²) in [5, 5.41) is 5.25. The maximum atomic E-state index is 11.5. The van der Waals surface area contributed by atoms with Gasteiger partial charge in [0.2, 0.25) is 0 Å². The molecule has 0 aliphatic heterocycles. The maximum absolute atomic E-state index is 11.5. The topological polar surface area (TPSA) is 84.5 Å². The van der Waals surface area contributed by atoms with Crippen LogP contribution in [0.5, 0.6) is 0 Å².